The van der Waals surface area contributed by atoms with Crippen LogP contribution in [0.15, 0.2) is 18.6 Å². The predicted molar refractivity (Wildman–Crippen MR) is 64.0 cm³/mol. The number of nitrogens with zero attached hydrogens (tertiary/aromatic N) is 3. The Morgan fingerprint density at radius 1 is 1.67 bits per heavy atom. The number of aromatic carboxylic acids is 1. The van der Waals surface area contributed by atoms with Gasteiger partial charge in [-0.05, 0) is 28.5 Å². The molecule has 0 bridgehead atoms. The molecule has 0 atom stereocenters. The lowest BCUT2D eigenvalue weighted by atomic mass is 10.2. The third-order valence-corrected chi connectivity index (χ3v) is 3.47. The maximum atomic E-state index is 10.8. The molecule has 0 aliphatic rings. The molecule has 0 unspecified atom stereocenters. The summed E-state index contributed by atoms with van der Waals surface area (Å²) in [4.78, 5) is 25.5. The van der Waals surface area contributed by atoms with E-state index in [4.69, 9.17) is 5.11 Å². The second-order valence-electron chi connectivity index (χ2n) is 3.66. The van der Waals surface area contributed by atoms with Gasteiger partial charge in [-0.2, -0.15) is 0 Å². The minimum absolute atomic E-state index is 0.221. The molecule has 0 spiro atoms. The summed E-state index contributed by atoms with van der Waals surface area (Å²) in [6, 6.07) is 1.58. The number of nitro groups is 1. The van der Waals surface area contributed by atoms with E-state index in [1.165, 1.54) is 23.9 Å². The lowest BCUT2D eigenvalue weighted by Crippen LogP contribution is -1.97. The summed E-state index contributed by atoms with van der Waals surface area (Å²) in [7, 11) is 0. The number of imidazole rings is 1. The van der Waals surface area contributed by atoms with E-state index in [0.29, 0.717) is 6.54 Å². The fourth-order valence-corrected chi connectivity index (χ4v) is 2.38. The first-order chi connectivity index (χ1) is 8.47. The van der Waals surface area contributed by atoms with Crippen molar-refractivity contribution < 1.29 is 14.8 Å². The minimum Gasteiger partial charge on any atom is -0.477 e. The number of rotatable bonds is 4. The quantitative estimate of drug-likeness (QED) is 0.673. The van der Waals surface area contributed by atoms with E-state index < -0.39 is 10.9 Å². The third-order valence-electron chi connectivity index (χ3n) is 2.39. The van der Waals surface area contributed by atoms with Crippen LogP contribution in [0.3, 0.4) is 0 Å². The van der Waals surface area contributed by atoms with Crippen LogP contribution in [-0.2, 0) is 6.54 Å². The highest BCUT2D eigenvalue weighted by atomic mass is 32.1. The Morgan fingerprint density at radius 2 is 2.39 bits per heavy atom. The first-order valence-electron chi connectivity index (χ1n) is 4.96. The summed E-state index contributed by atoms with van der Waals surface area (Å²) in [5.74, 6) is -1.19. The van der Waals surface area contributed by atoms with Gasteiger partial charge >= 0.3 is 11.8 Å². The zero-order valence-corrected chi connectivity index (χ0v) is 10.2. The van der Waals surface area contributed by atoms with Gasteiger partial charge in [0.2, 0.25) is 6.33 Å². The average molecular weight is 267 g/mol. The third kappa shape index (κ3) is 2.38. The Bertz CT molecular complexity index is 616. The normalized spacial score (nSPS) is 10.5. The van der Waals surface area contributed by atoms with Crippen molar-refractivity contribution in [2.45, 2.75) is 13.5 Å². The first kappa shape index (κ1) is 12.2. The highest BCUT2D eigenvalue weighted by Gasteiger charge is 2.14. The molecule has 0 aliphatic heterocycles. The Balaban J connectivity index is 2.22. The van der Waals surface area contributed by atoms with Gasteiger partial charge in [0.1, 0.15) is 11.1 Å². The maximum Gasteiger partial charge on any atom is 0.381 e. The molecule has 0 radical (unpaired) electrons. The number of hydrogen-bond donors (Lipinski definition) is 1. The molecule has 2 aromatic rings. The number of aromatic nitrogens is 2. The largest absolute Gasteiger partial charge is 0.477 e. The molecule has 2 aromatic heterocycles. The molecule has 2 heterocycles. The highest BCUT2D eigenvalue weighted by molar-refractivity contribution is 7.14. The van der Waals surface area contributed by atoms with E-state index in [1.54, 1.807) is 10.6 Å². The summed E-state index contributed by atoms with van der Waals surface area (Å²) < 4.78 is 1.55. The van der Waals surface area contributed by atoms with Crippen LogP contribution < -0.4 is 0 Å². The smallest absolute Gasteiger partial charge is 0.381 e. The molecule has 0 aliphatic carbocycles. The molecule has 8 heteroatoms. The van der Waals surface area contributed by atoms with Crippen LogP contribution in [0.4, 0.5) is 5.82 Å². The number of thiophene rings is 1. The Labute approximate surface area is 105 Å². The summed E-state index contributed by atoms with van der Waals surface area (Å²) >= 11 is 1.19. The molecule has 0 saturated heterocycles. The predicted octanol–water partition coefficient (Wildman–Crippen LogP) is 1.91. The van der Waals surface area contributed by atoms with Crippen molar-refractivity contribution >= 4 is 23.1 Å². The van der Waals surface area contributed by atoms with Crippen molar-refractivity contribution in [3.8, 4) is 0 Å². The zero-order chi connectivity index (χ0) is 13.3. The second kappa shape index (κ2) is 4.57. The van der Waals surface area contributed by atoms with E-state index in [0.717, 1.165) is 10.4 Å². The van der Waals surface area contributed by atoms with Gasteiger partial charge in [-0.15, -0.1) is 11.3 Å². The Kier molecular flexibility index (Phi) is 3.11. The van der Waals surface area contributed by atoms with Crippen molar-refractivity contribution in [3.63, 3.8) is 0 Å². The van der Waals surface area contributed by atoms with Gasteiger partial charge in [-0.1, -0.05) is 0 Å². The van der Waals surface area contributed by atoms with Gasteiger partial charge in [-0.25, -0.2) is 4.79 Å². The molecule has 2 rings (SSSR count). The van der Waals surface area contributed by atoms with Crippen molar-refractivity contribution in [1.82, 2.24) is 9.55 Å². The SMILES string of the molecule is Cc1sc(C(=O)O)cc1Cn1cnc([N+](=O)[O-])c1. The van der Waals surface area contributed by atoms with Crippen LogP contribution in [0.1, 0.15) is 20.1 Å². The monoisotopic (exact) mass is 267 g/mol. The van der Waals surface area contributed by atoms with Crippen LogP contribution in [0.25, 0.3) is 0 Å². The zero-order valence-electron chi connectivity index (χ0n) is 9.36. The van der Waals surface area contributed by atoms with Crippen LogP contribution in [0, 0.1) is 17.0 Å². The molecule has 7 nitrogen and oxygen atoms in total. The van der Waals surface area contributed by atoms with Crippen molar-refractivity contribution in [3.05, 3.63) is 44.0 Å². The first-order valence-corrected chi connectivity index (χ1v) is 5.78. The summed E-state index contributed by atoms with van der Waals surface area (Å²) in [6.07, 6.45) is 2.67. The second-order valence-corrected chi connectivity index (χ2v) is 4.91. The van der Waals surface area contributed by atoms with Crippen molar-refractivity contribution in [1.29, 1.82) is 0 Å². The number of carboxylic acids is 1. The van der Waals surface area contributed by atoms with Gasteiger partial charge in [0.05, 0.1) is 6.54 Å². The molecule has 0 fully saturated rings. The lowest BCUT2D eigenvalue weighted by molar-refractivity contribution is -0.389. The summed E-state index contributed by atoms with van der Waals surface area (Å²) in [5, 5.41) is 19.3. The standard InChI is InChI=1S/C10H9N3O4S/c1-6-7(2-8(18-6)10(14)15)3-12-4-9(11-5-12)13(16)17/h2,4-5H,3H2,1H3,(H,14,15). The minimum atomic E-state index is -0.967. The highest BCUT2D eigenvalue weighted by Crippen LogP contribution is 2.22. The van der Waals surface area contributed by atoms with Crippen molar-refractivity contribution in [2.24, 2.45) is 0 Å². The molecule has 0 aromatic carbocycles. The molecule has 18 heavy (non-hydrogen) atoms. The lowest BCUT2D eigenvalue weighted by Gasteiger charge is -1.98. The van der Waals surface area contributed by atoms with Crippen LogP contribution >= 0.6 is 11.3 Å². The number of carbonyl (C=O) groups is 1. The van der Waals surface area contributed by atoms with E-state index in [2.05, 4.69) is 4.98 Å². The fourth-order valence-electron chi connectivity index (χ4n) is 1.51. The maximum absolute atomic E-state index is 10.8. The number of aryl methyl sites for hydroxylation is 1. The van der Waals surface area contributed by atoms with Crippen molar-refractivity contribution in [2.75, 3.05) is 0 Å². The van der Waals surface area contributed by atoms with Gasteiger partial charge in [0.25, 0.3) is 0 Å². The molecule has 1 N–H and O–H groups in total. The molecular formula is C10H9N3O4S. The average Bonchev–Trinajstić information content (AvgIpc) is 2.87. The topological polar surface area (TPSA) is 98.3 Å². The number of hydrogen-bond acceptors (Lipinski definition) is 5. The van der Waals surface area contributed by atoms with Gasteiger partial charge in [0.15, 0.2) is 0 Å². The molecule has 0 saturated carbocycles. The van der Waals surface area contributed by atoms with Crippen LogP contribution in [0.5, 0.6) is 0 Å². The van der Waals surface area contributed by atoms with Gasteiger partial charge in [-0.3, -0.25) is 0 Å². The number of carboxylic acid groups (broad SMARTS) is 1. The Hall–Kier alpha value is -2.22. The van der Waals surface area contributed by atoms with E-state index in [9.17, 15) is 14.9 Å². The molecule has 0 amide bonds. The van der Waals surface area contributed by atoms with E-state index in [-0.39, 0.29) is 10.7 Å². The molecular weight excluding hydrogens is 258 g/mol. The van der Waals surface area contributed by atoms with Crippen LogP contribution in [-0.4, -0.2) is 25.6 Å². The summed E-state index contributed by atoms with van der Waals surface area (Å²) in [6.45, 7) is 2.19. The fraction of sp³-hybridized carbons (Fsp3) is 0.200. The van der Waals surface area contributed by atoms with Gasteiger partial charge in [0, 0.05) is 4.88 Å². The van der Waals surface area contributed by atoms with E-state index >= 15 is 0 Å². The van der Waals surface area contributed by atoms with E-state index in [1.807, 2.05) is 6.92 Å². The molecule has 94 valence electrons. The van der Waals surface area contributed by atoms with Gasteiger partial charge < -0.3 is 19.8 Å². The van der Waals surface area contributed by atoms with Crippen LogP contribution in [0.2, 0.25) is 0 Å². The summed E-state index contributed by atoms with van der Waals surface area (Å²) in [5.41, 5.74) is 0.824. The Morgan fingerprint density at radius 3 is 2.89 bits per heavy atom.